The first-order chi connectivity index (χ1) is 9.25. The van der Waals surface area contributed by atoms with Crippen LogP contribution in [0.25, 0.3) is 0 Å². The van der Waals surface area contributed by atoms with Crippen LogP contribution in [0.3, 0.4) is 0 Å². The zero-order chi connectivity index (χ0) is 13.2. The van der Waals surface area contributed by atoms with Crippen LogP contribution in [0.2, 0.25) is 0 Å². The van der Waals surface area contributed by atoms with Crippen molar-refractivity contribution in [3.05, 3.63) is 69.8 Å². The molecule has 0 spiro atoms. The van der Waals surface area contributed by atoms with Crippen molar-refractivity contribution < 1.29 is 4.92 Å². The van der Waals surface area contributed by atoms with Crippen molar-refractivity contribution in [3.63, 3.8) is 0 Å². The quantitative estimate of drug-likeness (QED) is 0.656. The van der Waals surface area contributed by atoms with Crippen molar-refractivity contribution in [2.24, 2.45) is 0 Å². The maximum Gasteiger partial charge on any atom is 0.274 e. The van der Waals surface area contributed by atoms with Gasteiger partial charge in [0.1, 0.15) is 0 Å². The van der Waals surface area contributed by atoms with E-state index in [0.29, 0.717) is 0 Å². The third-order valence-electron chi connectivity index (χ3n) is 3.56. The molecule has 0 radical (unpaired) electrons. The number of hydrogen-bond donors (Lipinski definition) is 1. The number of nitro groups is 1. The van der Waals surface area contributed by atoms with Crippen molar-refractivity contribution in [1.82, 2.24) is 0 Å². The van der Waals surface area contributed by atoms with Gasteiger partial charge in [0.2, 0.25) is 0 Å². The molecule has 1 N–H and O–H groups in total. The Kier molecular flexibility index (Phi) is 2.91. The number of rotatable bonds is 2. The predicted octanol–water partition coefficient (Wildman–Crippen LogP) is 3.69. The smallest absolute Gasteiger partial charge is 0.274 e. The van der Waals surface area contributed by atoms with E-state index in [4.69, 9.17) is 0 Å². The Hall–Kier alpha value is -2.36. The summed E-state index contributed by atoms with van der Waals surface area (Å²) in [5.41, 5.74) is 3.32. The van der Waals surface area contributed by atoms with E-state index >= 15 is 0 Å². The molecule has 0 aromatic heterocycles. The Labute approximate surface area is 111 Å². The zero-order valence-electron chi connectivity index (χ0n) is 10.4. The van der Waals surface area contributed by atoms with E-state index in [0.717, 1.165) is 24.1 Å². The fraction of sp³-hybridized carbons (Fsp3) is 0.200. The van der Waals surface area contributed by atoms with E-state index in [9.17, 15) is 10.1 Å². The molecule has 0 saturated heterocycles. The first-order valence-corrected chi connectivity index (χ1v) is 6.33. The number of fused-ring (bicyclic) bond motifs is 1. The SMILES string of the molecule is O=[N+]([O-])c1ccccc1C1CCc2ccccc2N1. The largest absolute Gasteiger partial charge is 0.378 e. The van der Waals surface area contributed by atoms with Gasteiger partial charge in [-0.15, -0.1) is 0 Å². The molecule has 19 heavy (non-hydrogen) atoms. The summed E-state index contributed by atoms with van der Waals surface area (Å²) in [5, 5.41) is 14.5. The number of nitrogens with one attached hydrogen (secondary N) is 1. The molecule has 3 rings (SSSR count). The van der Waals surface area contributed by atoms with Crippen LogP contribution in [0.1, 0.15) is 23.6 Å². The van der Waals surface area contributed by atoms with Gasteiger partial charge in [0, 0.05) is 11.8 Å². The lowest BCUT2D eigenvalue weighted by molar-refractivity contribution is -0.385. The molecular weight excluding hydrogens is 240 g/mol. The third-order valence-corrected chi connectivity index (χ3v) is 3.56. The highest BCUT2D eigenvalue weighted by Gasteiger charge is 2.24. The Morgan fingerprint density at radius 2 is 1.84 bits per heavy atom. The van der Waals surface area contributed by atoms with E-state index in [2.05, 4.69) is 11.4 Å². The summed E-state index contributed by atoms with van der Waals surface area (Å²) in [6.07, 6.45) is 1.82. The topological polar surface area (TPSA) is 55.2 Å². The first kappa shape index (κ1) is 11.7. The van der Waals surface area contributed by atoms with E-state index < -0.39 is 0 Å². The molecule has 0 saturated carbocycles. The lowest BCUT2D eigenvalue weighted by Gasteiger charge is -2.27. The second-order valence-corrected chi connectivity index (χ2v) is 4.71. The number of hydrogen-bond acceptors (Lipinski definition) is 3. The molecule has 2 aromatic carbocycles. The van der Waals surface area contributed by atoms with Gasteiger partial charge >= 0.3 is 0 Å². The Morgan fingerprint density at radius 3 is 2.68 bits per heavy atom. The van der Waals surface area contributed by atoms with Gasteiger partial charge < -0.3 is 5.32 Å². The molecule has 0 bridgehead atoms. The van der Waals surface area contributed by atoms with Crippen molar-refractivity contribution in [2.75, 3.05) is 5.32 Å². The molecule has 96 valence electrons. The van der Waals surface area contributed by atoms with Gasteiger partial charge in [0.05, 0.1) is 16.5 Å². The monoisotopic (exact) mass is 254 g/mol. The predicted molar refractivity (Wildman–Crippen MR) is 74.2 cm³/mol. The van der Waals surface area contributed by atoms with Crippen molar-refractivity contribution in [3.8, 4) is 0 Å². The highest BCUT2D eigenvalue weighted by Crippen LogP contribution is 2.35. The average Bonchev–Trinajstić information content (AvgIpc) is 2.46. The highest BCUT2D eigenvalue weighted by molar-refractivity contribution is 5.56. The summed E-state index contributed by atoms with van der Waals surface area (Å²) in [5.74, 6) is 0. The minimum atomic E-state index is -0.308. The molecule has 1 atom stereocenters. The van der Waals surface area contributed by atoms with Gasteiger partial charge in [0.25, 0.3) is 5.69 Å². The first-order valence-electron chi connectivity index (χ1n) is 6.33. The molecular formula is C15H14N2O2. The molecule has 0 amide bonds. The minimum Gasteiger partial charge on any atom is -0.378 e. The molecule has 1 aliphatic heterocycles. The Bertz CT molecular complexity index is 625. The lowest BCUT2D eigenvalue weighted by atomic mass is 9.92. The molecule has 1 unspecified atom stereocenters. The van der Waals surface area contributed by atoms with Crippen LogP contribution in [0.5, 0.6) is 0 Å². The fourth-order valence-corrected chi connectivity index (χ4v) is 2.62. The summed E-state index contributed by atoms with van der Waals surface area (Å²) in [6.45, 7) is 0. The van der Waals surface area contributed by atoms with Gasteiger partial charge in [-0.2, -0.15) is 0 Å². The summed E-state index contributed by atoms with van der Waals surface area (Å²) >= 11 is 0. The fourth-order valence-electron chi connectivity index (χ4n) is 2.62. The van der Waals surface area contributed by atoms with E-state index in [1.54, 1.807) is 12.1 Å². The van der Waals surface area contributed by atoms with Crippen molar-refractivity contribution >= 4 is 11.4 Å². The number of nitro benzene ring substituents is 1. The average molecular weight is 254 g/mol. The number of nitrogens with zero attached hydrogens (tertiary/aromatic N) is 1. The van der Waals surface area contributed by atoms with Crippen LogP contribution in [0.15, 0.2) is 48.5 Å². The van der Waals surface area contributed by atoms with Crippen LogP contribution in [0, 0.1) is 10.1 Å². The van der Waals surface area contributed by atoms with Crippen LogP contribution < -0.4 is 5.32 Å². The van der Waals surface area contributed by atoms with Gasteiger partial charge in [-0.1, -0.05) is 36.4 Å². The van der Waals surface area contributed by atoms with Gasteiger partial charge in [0.15, 0.2) is 0 Å². The molecule has 0 fully saturated rings. The third kappa shape index (κ3) is 2.17. The summed E-state index contributed by atoms with van der Waals surface area (Å²) < 4.78 is 0. The molecule has 2 aromatic rings. The number of aryl methyl sites for hydroxylation is 1. The molecule has 4 nitrogen and oxygen atoms in total. The number of benzene rings is 2. The second-order valence-electron chi connectivity index (χ2n) is 4.71. The number of anilines is 1. The zero-order valence-corrected chi connectivity index (χ0v) is 10.4. The van der Waals surface area contributed by atoms with Gasteiger partial charge in [-0.3, -0.25) is 10.1 Å². The van der Waals surface area contributed by atoms with Crippen LogP contribution in [-0.2, 0) is 6.42 Å². The summed E-state index contributed by atoms with van der Waals surface area (Å²) in [7, 11) is 0. The highest BCUT2D eigenvalue weighted by atomic mass is 16.6. The normalized spacial score (nSPS) is 17.4. The van der Waals surface area contributed by atoms with Crippen LogP contribution in [-0.4, -0.2) is 4.92 Å². The molecule has 0 aliphatic carbocycles. The Balaban J connectivity index is 1.95. The second kappa shape index (κ2) is 4.72. The maximum absolute atomic E-state index is 11.1. The minimum absolute atomic E-state index is 0.0106. The van der Waals surface area contributed by atoms with E-state index in [1.165, 1.54) is 5.56 Å². The van der Waals surface area contributed by atoms with Gasteiger partial charge in [-0.05, 0) is 24.5 Å². The van der Waals surface area contributed by atoms with E-state index in [1.807, 2.05) is 30.3 Å². The molecule has 4 heteroatoms. The Morgan fingerprint density at radius 1 is 1.11 bits per heavy atom. The van der Waals surface area contributed by atoms with Crippen LogP contribution in [0.4, 0.5) is 11.4 Å². The molecule has 1 aliphatic rings. The number of para-hydroxylation sites is 2. The summed E-state index contributed by atoms with van der Waals surface area (Å²) in [6, 6.07) is 15.1. The van der Waals surface area contributed by atoms with Crippen molar-refractivity contribution in [2.45, 2.75) is 18.9 Å². The summed E-state index contributed by atoms with van der Waals surface area (Å²) in [4.78, 5) is 10.8. The molecule has 1 heterocycles. The van der Waals surface area contributed by atoms with E-state index in [-0.39, 0.29) is 16.7 Å². The lowest BCUT2D eigenvalue weighted by Crippen LogP contribution is -2.18. The van der Waals surface area contributed by atoms with Crippen LogP contribution >= 0.6 is 0 Å². The standard InChI is InChI=1S/C15H14N2O2/c18-17(19)15-8-4-2-6-12(15)14-10-9-11-5-1-3-7-13(11)16-14/h1-8,14,16H,9-10H2. The van der Waals surface area contributed by atoms with Crippen molar-refractivity contribution in [1.29, 1.82) is 0 Å². The van der Waals surface area contributed by atoms with Gasteiger partial charge in [-0.25, -0.2) is 0 Å². The maximum atomic E-state index is 11.1.